The van der Waals surface area contributed by atoms with E-state index in [-0.39, 0.29) is 11.9 Å². The molecule has 0 saturated carbocycles. The van der Waals surface area contributed by atoms with Crippen molar-refractivity contribution < 1.29 is 14.3 Å². The lowest BCUT2D eigenvalue weighted by molar-refractivity contribution is -0.151. The summed E-state index contributed by atoms with van der Waals surface area (Å²) in [6, 6.07) is 7.64. The number of rotatable bonds is 5. The van der Waals surface area contributed by atoms with Gasteiger partial charge in [-0.1, -0.05) is 19.1 Å². The second-order valence-electron chi connectivity index (χ2n) is 5.37. The van der Waals surface area contributed by atoms with E-state index in [4.69, 9.17) is 9.47 Å². The number of benzene rings is 1. The number of esters is 1. The van der Waals surface area contributed by atoms with Gasteiger partial charge in [-0.15, -0.1) is 0 Å². The van der Waals surface area contributed by atoms with Crippen molar-refractivity contribution in [3.05, 3.63) is 24.3 Å². The first-order valence-electron chi connectivity index (χ1n) is 7.43. The molecule has 0 amide bonds. The molecule has 1 aromatic carbocycles. The molecule has 2 N–H and O–H groups in total. The molecule has 1 saturated heterocycles. The molecule has 116 valence electrons. The molecule has 0 aromatic heterocycles. The van der Waals surface area contributed by atoms with Gasteiger partial charge >= 0.3 is 5.97 Å². The Labute approximate surface area is 126 Å². The molecule has 0 spiro atoms. The molecular weight excluding hydrogens is 268 g/mol. The van der Waals surface area contributed by atoms with Crippen LogP contribution in [0.5, 0.6) is 5.75 Å². The number of piperidine rings is 1. The molecule has 1 heterocycles. The molecule has 1 aliphatic heterocycles. The fourth-order valence-corrected chi connectivity index (χ4v) is 2.81. The number of para-hydroxylation sites is 2. The Morgan fingerprint density at radius 2 is 2.24 bits per heavy atom. The Morgan fingerprint density at radius 3 is 2.90 bits per heavy atom. The van der Waals surface area contributed by atoms with E-state index in [1.54, 1.807) is 7.11 Å². The van der Waals surface area contributed by atoms with E-state index < -0.39 is 5.54 Å². The third kappa shape index (κ3) is 3.13. The predicted octanol–water partition coefficient (Wildman–Crippen LogP) is 2.04. The van der Waals surface area contributed by atoms with Gasteiger partial charge in [-0.2, -0.15) is 0 Å². The monoisotopic (exact) mass is 292 g/mol. The summed E-state index contributed by atoms with van der Waals surface area (Å²) >= 11 is 0. The molecule has 2 unspecified atom stereocenters. The zero-order valence-corrected chi connectivity index (χ0v) is 12.9. The van der Waals surface area contributed by atoms with Crippen LogP contribution in [0.15, 0.2) is 24.3 Å². The number of methoxy groups -OCH3 is 1. The summed E-state index contributed by atoms with van der Waals surface area (Å²) in [7, 11) is 1.63. The summed E-state index contributed by atoms with van der Waals surface area (Å²) in [4.78, 5) is 12.6. The van der Waals surface area contributed by atoms with Crippen molar-refractivity contribution in [3.8, 4) is 5.75 Å². The number of carbonyl (C=O) groups excluding carboxylic acids is 1. The zero-order chi connectivity index (χ0) is 15.3. The maximum atomic E-state index is 12.6. The Morgan fingerprint density at radius 1 is 1.48 bits per heavy atom. The molecule has 2 rings (SSSR count). The van der Waals surface area contributed by atoms with E-state index in [1.807, 2.05) is 31.2 Å². The number of ether oxygens (including phenoxy) is 2. The lowest BCUT2D eigenvalue weighted by Crippen LogP contribution is -2.59. The molecule has 0 radical (unpaired) electrons. The Bertz CT molecular complexity index is 492. The topological polar surface area (TPSA) is 59.6 Å². The lowest BCUT2D eigenvalue weighted by Gasteiger charge is -2.42. The first kappa shape index (κ1) is 15.6. The highest BCUT2D eigenvalue weighted by Gasteiger charge is 2.46. The van der Waals surface area contributed by atoms with Crippen LogP contribution >= 0.6 is 0 Å². The number of hydrogen-bond acceptors (Lipinski definition) is 5. The van der Waals surface area contributed by atoms with Crippen LogP contribution in [0.4, 0.5) is 5.69 Å². The van der Waals surface area contributed by atoms with Gasteiger partial charge in [0.25, 0.3) is 0 Å². The first-order chi connectivity index (χ1) is 10.1. The highest BCUT2D eigenvalue weighted by molar-refractivity contribution is 5.86. The second-order valence-corrected chi connectivity index (χ2v) is 5.37. The third-order valence-electron chi connectivity index (χ3n) is 4.09. The largest absolute Gasteiger partial charge is 0.495 e. The number of anilines is 1. The summed E-state index contributed by atoms with van der Waals surface area (Å²) in [5.41, 5.74) is 0.109. The van der Waals surface area contributed by atoms with E-state index >= 15 is 0 Å². The molecule has 0 bridgehead atoms. The van der Waals surface area contributed by atoms with Crippen LogP contribution in [0.2, 0.25) is 0 Å². The average molecular weight is 292 g/mol. The van der Waals surface area contributed by atoms with Crippen molar-refractivity contribution in [2.24, 2.45) is 5.92 Å². The van der Waals surface area contributed by atoms with Crippen molar-refractivity contribution >= 4 is 11.7 Å². The number of carbonyl (C=O) groups is 1. The maximum absolute atomic E-state index is 12.6. The third-order valence-corrected chi connectivity index (χ3v) is 4.09. The highest BCUT2D eigenvalue weighted by atomic mass is 16.5. The number of hydrogen-bond donors (Lipinski definition) is 2. The summed E-state index contributed by atoms with van der Waals surface area (Å²) in [6.45, 7) is 5.84. The van der Waals surface area contributed by atoms with Crippen molar-refractivity contribution in [2.45, 2.75) is 25.8 Å². The van der Waals surface area contributed by atoms with Crippen molar-refractivity contribution in [1.29, 1.82) is 0 Å². The summed E-state index contributed by atoms with van der Waals surface area (Å²) in [5, 5.41) is 6.73. The highest BCUT2D eigenvalue weighted by Crippen LogP contribution is 2.34. The first-order valence-corrected chi connectivity index (χ1v) is 7.43. The molecule has 5 nitrogen and oxygen atoms in total. The van der Waals surface area contributed by atoms with Gasteiger partial charge < -0.3 is 20.1 Å². The van der Waals surface area contributed by atoms with Gasteiger partial charge in [-0.05, 0) is 32.0 Å². The van der Waals surface area contributed by atoms with Gasteiger partial charge in [-0.3, -0.25) is 0 Å². The minimum atomic E-state index is -0.712. The fourth-order valence-electron chi connectivity index (χ4n) is 2.81. The minimum absolute atomic E-state index is 0.121. The van der Waals surface area contributed by atoms with Crippen molar-refractivity contribution in [2.75, 3.05) is 32.1 Å². The SMILES string of the molecule is CCOC(=O)C1(Nc2ccccc2OC)CCNCC1C. The van der Waals surface area contributed by atoms with Crippen LogP contribution in [-0.2, 0) is 9.53 Å². The van der Waals surface area contributed by atoms with Gasteiger partial charge in [0.15, 0.2) is 0 Å². The standard InChI is InChI=1S/C16H24N2O3/c1-4-21-15(19)16(9-10-17-11-12(16)2)18-13-7-5-6-8-14(13)20-3/h5-8,12,17-18H,4,9-11H2,1-3H3. The van der Waals surface area contributed by atoms with Gasteiger partial charge in [0.05, 0.1) is 19.4 Å². The number of nitrogens with one attached hydrogen (secondary N) is 2. The summed E-state index contributed by atoms with van der Waals surface area (Å²) < 4.78 is 10.7. The molecule has 21 heavy (non-hydrogen) atoms. The van der Waals surface area contributed by atoms with E-state index in [9.17, 15) is 4.79 Å². The van der Waals surface area contributed by atoms with Gasteiger partial charge in [0, 0.05) is 12.5 Å². The van der Waals surface area contributed by atoms with E-state index in [0.717, 1.165) is 24.5 Å². The second kappa shape index (κ2) is 6.80. The van der Waals surface area contributed by atoms with Crippen LogP contribution in [-0.4, -0.2) is 38.3 Å². The molecule has 1 aliphatic rings. The van der Waals surface area contributed by atoms with Crippen molar-refractivity contribution in [1.82, 2.24) is 5.32 Å². The van der Waals surface area contributed by atoms with Crippen LogP contribution in [0.25, 0.3) is 0 Å². The molecule has 0 aliphatic carbocycles. The minimum Gasteiger partial charge on any atom is -0.495 e. The van der Waals surface area contributed by atoms with Gasteiger partial charge in [0.2, 0.25) is 0 Å². The van der Waals surface area contributed by atoms with E-state index in [1.165, 1.54) is 0 Å². The van der Waals surface area contributed by atoms with Gasteiger partial charge in [-0.25, -0.2) is 4.79 Å². The van der Waals surface area contributed by atoms with Crippen molar-refractivity contribution in [3.63, 3.8) is 0 Å². The van der Waals surface area contributed by atoms with E-state index in [2.05, 4.69) is 17.6 Å². The normalized spacial score (nSPS) is 25.2. The van der Waals surface area contributed by atoms with Crippen LogP contribution in [0.1, 0.15) is 20.3 Å². The quantitative estimate of drug-likeness (QED) is 0.813. The summed E-state index contributed by atoms with van der Waals surface area (Å²) in [5.74, 6) is 0.659. The Kier molecular flexibility index (Phi) is 5.07. The van der Waals surface area contributed by atoms with E-state index in [0.29, 0.717) is 13.0 Å². The summed E-state index contributed by atoms with van der Waals surface area (Å²) in [6.07, 6.45) is 0.686. The molecule has 5 heteroatoms. The maximum Gasteiger partial charge on any atom is 0.332 e. The molecule has 1 fully saturated rings. The van der Waals surface area contributed by atoms with Crippen LogP contribution in [0, 0.1) is 5.92 Å². The van der Waals surface area contributed by atoms with Crippen LogP contribution < -0.4 is 15.4 Å². The fraction of sp³-hybridized carbons (Fsp3) is 0.562. The smallest absolute Gasteiger partial charge is 0.332 e. The predicted molar refractivity (Wildman–Crippen MR) is 82.6 cm³/mol. The molecular formula is C16H24N2O3. The Balaban J connectivity index is 2.33. The lowest BCUT2D eigenvalue weighted by atomic mass is 9.79. The zero-order valence-electron chi connectivity index (χ0n) is 12.9. The molecule has 1 aromatic rings. The molecule has 2 atom stereocenters. The average Bonchev–Trinajstić information content (AvgIpc) is 2.50. The Hall–Kier alpha value is -1.75. The van der Waals surface area contributed by atoms with Crippen LogP contribution in [0.3, 0.4) is 0 Å². The van der Waals surface area contributed by atoms with Gasteiger partial charge in [0.1, 0.15) is 11.3 Å².